The van der Waals surface area contributed by atoms with E-state index < -0.39 is 5.79 Å². The molecular weight excluding hydrogens is 278 g/mol. The lowest BCUT2D eigenvalue weighted by molar-refractivity contribution is -0.219. The second kappa shape index (κ2) is 6.03. The van der Waals surface area contributed by atoms with Crippen LogP contribution in [0.15, 0.2) is 30.9 Å². The molecule has 1 fully saturated rings. The summed E-state index contributed by atoms with van der Waals surface area (Å²) in [6.07, 6.45) is 5.35. The van der Waals surface area contributed by atoms with Crippen LogP contribution in [0.2, 0.25) is 0 Å². The molecule has 120 valence electrons. The van der Waals surface area contributed by atoms with E-state index in [4.69, 9.17) is 19.9 Å². The maximum Gasteiger partial charge on any atom is 0.178 e. The van der Waals surface area contributed by atoms with Gasteiger partial charge in [0, 0.05) is 6.42 Å². The quantitative estimate of drug-likeness (QED) is 0.849. The highest BCUT2D eigenvalue weighted by Crippen LogP contribution is 2.53. The SMILES string of the molecule is C=CCC1(CCN)c2cc(OC)ccc2CCC12OCCO2. The number of ether oxygens (including phenoxy) is 3. The van der Waals surface area contributed by atoms with E-state index in [1.54, 1.807) is 7.11 Å². The van der Waals surface area contributed by atoms with Gasteiger partial charge in [-0.3, -0.25) is 0 Å². The first kappa shape index (κ1) is 15.5. The van der Waals surface area contributed by atoms with Gasteiger partial charge in [0.05, 0.1) is 25.7 Å². The summed E-state index contributed by atoms with van der Waals surface area (Å²) in [5, 5.41) is 0. The Bertz CT molecular complexity index is 551. The van der Waals surface area contributed by atoms with Crippen molar-refractivity contribution in [1.29, 1.82) is 0 Å². The van der Waals surface area contributed by atoms with E-state index in [0.29, 0.717) is 19.8 Å². The molecule has 2 aliphatic rings. The third kappa shape index (κ3) is 2.18. The zero-order chi connectivity index (χ0) is 15.6. The minimum Gasteiger partial charge on any atom is -0.497 e. The Labute approximate surface area is 132 Å². The zero-order valence-electron chi connectivity index (χ0n) is 13.3. The van der Waals surface area contributed by atoms with Gasteiger partial charge in [-0.1, -0.05) is 12.1 Å². The molecule has 0 amide bonds. The highest BCUT2D eigenvalue weighted by molar-refractivity contribution is 5.45. The molecule has 0 saturated carbocycles. The summed E-state index contributed by atoms with van der Waals surface area (Å²) < 4.78 is 17.8. The van der Waals surface area contributed by atoms with Crippen molar-refractivity contribution in [3.05, 3.63) is 42.0 Å². The number of allylic oxidation sites excluding steroid dienone is 1. The molecule has 2 N–H and O–H groups in total. The molecule has 1 spiro atoms. The van der Waals surface area contributed by atoms with Gasteiger partial charge in [-0.05, 0) is 49.1 Å². The number of fused-ring (bicyclic) bond motifs is 1. The van der Waals surface area contributed by atoms with Crippen molar-refractivity contribution in [1.82, 2.24) is 0 Å². The first-order valence-electron chi connectivity index (χ1n) is 7.97. The molecule has 4 heteroatoms. The van der Waals surface area contributed by atoms with E-state index in [0.717, 1.165) is 31.4 Å². The van der Waals surface area contributed by atoms with Crippen LogP contribution < -0.4 is 10.5 Å². The topological polar surface area (TPSA) is 53.7 Å². The van der Waals surface area contributed by atoms with Crippen molar-refractivity contribution in [2.75, 3.05) is 26.9 Å². The first-order valence-corrected chi connectivity index (χ1v) is 7.97. The van der Waals surface area contributed by atoms with Crippen LogP contribution in [0.3, 0.4) is 0 Å². The molecule has 0 aromatic heterocycles. The fourth-order valence-corrected chi connectivity index (χ4v) is 4.15. The fraction of sp³-hybridized carbons (Fsp3) is 0.556. The van der Waals surface area contributed by atoms with Crippen LogP contribution in [0.4, 0.5) is 0 Å². The van der Waals surface area contributed by atoms with E-state index in [1.807, 2.05) is 12.1 Å². The van der Waals surface area contributed by atoms with Gasteiger partial charge in [0.25, 0.3) is 0 Å². The van der Waals surface area contributed by atoms with Crippen molar-refractivity contribution < 1.29 is 14.2 Å². The standard InChI is InChI=1S/C18H25NO3/c1-3-7-17(9-10-19)16-13-15(20-2)5-4-14(16)6-8-18(17)21-11-12-22-18/h3-5,13H,1,6-12,19H2,2H3. The zero-order valence-corrected chi connectivity index (χ0v) is 13.3. The Kier molecular flexibility index (Phi) is 4.26. The second-order valence-electron chi connectivity index (χ2n) is 6.09. The van der Waals surface area contributed by atoms with Crippen molar-refractivity contribution in [2.45, 2.75) is 36.9 Å². The molecule has 1 saturated heterocycles. The lowest BCUT2D eigenvalue weighted by Gasteiger charge is -2.50. The molecule has 0 bridgehead atoms. The minimum absolute atomic E-state index is 0.290. The third-order valence-corrected chi connectivity index (χ3v) is 5.10. The number of hydrogen-bond acceptors (Lipinski definition) is 4. The van der Waals surface area contributed by atoms with Crippen LogP contribution in [0, 0.1) is 0 Å². The largest absolute Gasteiger partial charge is 0.497 e. The van der Waals surface area contributed by atoms with Gasteiger partial charge in [-0.15, -0.1) is 6.58 Å². The Morgan fingerprint density at radius 1 is 1.36 bits per heavy atom. The Hall–Kier alpha value is -1.36. The molecule has 1 aliphatic heterocycles. The Balaban J connectivity index is 2.19. The Morgan fingerprint density at radius 3 is 2.77 bits per heavy atom. The summed E-state index contributed by atoms with van der Waals surface area (Å²) in [5.74, 6) is 0.277. The molecular formula is C18H25NO3. The van der Waals surface area contributed by atoms with E-state index in [1.165, 1.54) is 11.1 Å². The summed E-state index contributed by atoms with van der Waals surface area (Å²) in [5.41, 5.74) is 8.26. The summed E-state index contributed by atoms with van der Waals surface area (Å²) in [7, 11) is 1.70. The number of methoxy groups -OCH3 is 1. The molecule has 0 radical (unpaired) electrons. The van der Waals surface area contributed by atoms with E-state index in [2.05, 4.69) is 18.7 Å². The number of nitrogens with two attached hydrogens (primary N) is 1. The third-order valence-electron chi connectivity index (χ3n) is 5.10. The highest BCUT2D eigenvalue weighted by Gasteiger charge is 2.58. The number of benzene rings is 1. The normalized spacial score (nSPS) is 25.9. The minimum atomic E-state index is -0.583. The van der Waals surface area contributed by atoms with Crippen LogP contribution in [-0.4, -0.2) is 32.7 Å². The summed E-state index contributed by atoms with van der Waals surface area (Å²) in [6, 6.07) is 6.30. The lowest BCUT2D eigenvalue weighted by Crippen LogP contribution is -2.56. The number of hydrogen-bond donors (Lipinski definition) is 1. The predicted molar refractivity (Wildman–Crippen MR) is 86.1 cm³/mol. The monoisotopic (exact) mass is 303 g/mol. The van der Waals surface area contributed by atoms with Crippen molar-refractivity contribution in [3.8, 4) is 5.75 Å². The summed E-state index contributed by atoms with van der Waals surface area (Å²) in [6.45, 7) is 5.83. The molecule has 1 aromatic rings. The second-order valence-corrected chi connectivity index (χ2v) is 6.09. The maximum atomic E-state index is 6.17. The van der Waals surface area contributed by atoms with Gasteiger partial charge in [0.2, 0.25) is 0 Å². The average Bonchev–Trinajstić information content (AvgIpc) is 3.01. The summed E-state index contributed by atoms with van der Waals surface area (Å²) in [4.78, 5) is 0. The smallest absolute Gasteiger partial charge is 0.178 e. The lowest BCUT2D eigenvalue weighted by atomic mass is 9.62. The van der Waals surface area contributed by atoms with Crippen molar-refractivity contribution in [3.63, 3.8) is 0 Å². The van der Waals surface area contributed by atoms with E-state index in [9.17, 15) is 0 Å². The molecule has 22 heavy (non-hydrogen) atoms. The average molecular weight is 303 g/mol. The number of aryl methyl sites for hydroxylation is 1. The van der Waals surface area contributed by atoms with Crippen LogP contribution in [0.5, 0.6) is 5.75 Å². The molecule has 1 aliphatic carbocycles. The summed E-state index contributed by atoms with van der Waals surface area (Å²) >= 11 is 0. The molecule has 1 atom stereocenters. The van der Waals surface area contributed by atoms with Gasteiger partial charge in [-0.25, -0.2) is 0 Å². The molecule has 1 heterocycles. The van der Waals surface area contributed by atoms with E-state index >= 15 is 0 Å². The van der Waals surface area contributed by atoms with Crippen molar-refractivity contribution >= 4 is 0 Å². The first-order chi connectivity index (χ1) is 10.7. The fourth-order valence-electron chi connectivity index (χ4n) is 4.15. The van der Waals surface area contributed by atoms with Gasteiger partial charge < -0.3 is 19.9 Å². The van der Waals surface area contributed by atoms with Gasteiger partial charge in [0.15, 0.2) is 5.79 Å². The highest BCUT2D eigenvalue weighted by atomic mass is 16.7. The van der Waals surface area contributed by atoms with Crippen LogP contribution in [0.25, 0.3) is 0 Å². The van der Waals surface area contributed by atoms with Crippen LogP contribution in [-0.2, 0) is 21.3 Å². The molecule has 3 rings (SSSR count). The van der Waals surface area contributed by atoms with Crippen LogP contribution >= 0.6 is 0 Å². The van der Waals surface area contributed by atoms with Gasteiger partial charge in [-0.2, -0.15) is 0 Å². The van der Waals surface area contributed by atoms with Crippen molar-refractivity contribution in [2.24, 2.45) is 5.73 Å². The molecule has 1 aromatic carbocycles. The molecule has 1 unspecified atom stereocenters. The van der Waals surface area contributed by atoms with E-state index in [-0.39, 0.29) is 5.41 Å². The molecule has 4 nitrogen and oxygen atoms in total. The number of rotatable bonds is 5. The van der Waals surface area contributed by atoms with Crippen LogP contribution in [0.1, 0.15) is 30.4 Å². The van der Waals surface area contributed by atoms with Gasteiger partial charge in [0.1, 0.15) is 5.75 Å². The predicted octanol–water partition coefficient (Wildman–Crippen LogP) is 2.55. The maximum absolute atomic E-state index is 6.17. The van der Waals surface area contributed by atoms with Gasteiger partial charge >= 0.3 is 0 Å². The Morgan fingerprint density at radius 2 is 2.14 bits per heavy atom.